The van der Waals surface area contributed by atoms with Gasteiger partial charge in [0.15, 0.2) is 0 Å². The van der Waals surface area contributed by atoms with E-state index in [-0.39, 0.29) is 5.60 Å². The van der Waals surface area contributed by atoms with Crippen LogP contribution in [0.15, 0.2) is 24.3 Å². The van der Waals surface area contributed by atoms with E-state index in [0.717, 1.165) is 17.7 Å². The van der Waals surface area contributed by atoms with Gasteiger partial charge in [0.05, 0.1) is 11.7 Å². The van der Waals surface area contributed by atoms with Gasteiger partial charge in [0.1, 0.15) is 11.4 Å². The molecule has 0 saturated carbocycles. The number of para-hydroxylation sites is 1. The summed E-state index contributed by atoms with van der Waals surface area (Å²) in [6.45, 7) is 6.11. The van der Waals surface area contributed by atoms with Gasteiger partial charge in [-0.15, -0.1) is 0 Å². The minimum atomic E-state index is -0.465. The van der Waals surface area contributed by atoms with Crippen molar-refractivity contribution in [3.63, 3.8) is 0 Å². The van der Waals surface area contributed by atoms with Gasteiger partial charge in [0, 0.05) is 25.5 Å². The average molecular weight is 250 g/mol. The first-order valence-corrected chi connectivity index (χ1v) is 6.36. The number of hydrogen-bond donors (Lipinski definition) is 1. The molecule has 2 unspecified atom stereocenters. The summed E-state index contributed by atoms with van der Waals surface area (Å²) in [6.07, 6.45) is 0.867. The lowest BCUT2D eigenvalue weighted by Crippen LogP contribution is -2.44. The standard InChI is InChI=1S/C15H22O3/c1-14(2,17-4)10-15(3)9-12(16)11-7-5-6-8-13(11)18-15/h5-8,12,16H,9-10H2,1-4H3. The quantitative estimate of drug-likeness (QED) is 0.896. The Balaban J connectivity index is 2.24. The Kier molecular flexibility index (Phi) is 3.39. The zero-order chi connectivity index (χ0) is 13.4. The van der Waals surface area contributed by atoms with Gasteiger partial charge in [-0.2, -0.15) is 0 Å². The van der Waals surface area contributed by atoms with Crippen LogP contribution in [0.5, 0.6) is 5.75 Å². The first kappa shape index (κ1) is 13.4. The molecule has 3 heteroatoms. The van der Waals surface area contributed by atoms with Crippen molar-refractivity contribution in [3.8, 4) is 5.75 Å². The molecule has 0 saturated heterocycles. The van der Waals surface area contributed by atoms with Gasteiger partial charge in [-0.1, -0.05) is 18.2 Å². The molecule has 0 aromatic heterocycles. The molecule has 1 heterocycles. The topological polar surface area (TPSA) is 38.7 Å². The zero-order valence-electron chi connectivity index (χ0n) is 11.6. The largest absolute Gasteiger partial charge is 0.487 e. The average Bonchev–Trinajstić information content (AvgIpc) is 2.27. The normalized spacial score (nSPS) is 27.5. The molecule has 0 amide bonds. The maximum Gasteiger partial charge on any atom is 0.125 e. The van der Waals surface area contributed by atoms with Gasteiger partial charge < -0.3 is 14.6 Å². The van der Waals surface area contributed by atoms with Crippen molar-refractivity contribution in [1.29, 1.82) is 0 Å². The van der Waals surface area contributed by atoms with Crippen molar-refractivity contribution in [2.45, 2.75) is 50.9 Å². The van der Waals surface area contributed by atoms with Crippen LogP contribution in [0.2, 0.25) is 0 Å². The number of hydrogen-bond acceptors (Lipinski definition) is 3. The van der Waals surface area contributed by atoms with Crippen LogP contribution in [0.3, 0.4) is 0 Å². The molecule has 2 atom stereocenters. The molecular weight excluding hydrogens is 228 g/mol. The Morgan fingerprint density at radius 1 is 1.44 bits per heavy atom. The highest BCUT2D eigenvalue weighted by Gasteiger charge is 2.40. The van der Waals surface area contributed by atoms with E-state index in [2.05, 4.69) is 0 Å². The maximum atomic E-state index is 10.2. The van der Waals surface area contributed by atoms with E-state index >= 15 is 0 Å². The highest BCUT2D eigenvalue weighted by atomic mass is 16.5. The SMILES string of the molecule is COC(C)(C)CC1(C)CC(O)c2ccccc2O1. The van der Waals surface area contributed by atoms with Crippen molar-refractivity contribution in [1.82, 2.24) is 0 Å². The van der Waals surface area contributed by atoms with E-state index in [1.807, 2.05) is 45.0 Å². The minimum absolute atomic E-state index is 0.263. The molecule has 1 N–H and O–H groups in total. The predicted molar refractivity (Wildman–Crippen MR) is 70.8 cm³/mol. The molecule has 0 radical (unpaired) electrons. The van der Waals surface area contributed by atoms with Crippen LogP contribution >= 0.6 is 0 Å². The second-order valence-corrected chi connectivity index (χ2v) is 5.95. The fourth-order valence-electron chi connectivity index (χ4n) is 2.76. The highest BCUT2D eigenvalue weighted by molar-refractivity contribution is 5.37. The minimum Gasteiger partial charge on any atom is -0.487 e. The molecule has 2 rings (SSSR count). The van der Waals surface area contributed by atoms with Crippen LogP contribution in [0.1, 0.15) is 45.3 Å². The van der Waals surface area contributed by atoms with Crippen LogP contribution in [0, 0.1) is 0 Å². The molecule has 0 bridgehead atoms. The van der Waals surface area contributed by atoms with Gasteiger partial charge in [0.25, 0.3) is 0 Å². The van der Waals surface area contributed by atoms with E-state index in [4.69, 9.17) is 9.47 Å². The third-order valence-electron chi connectivity index (χ3n) is 3.61. The predicted octanol–water partition coefficient (Wildman–Crippen LogP) is 3.08. The summed E-state index contributed by atoms with van der Waals surface area (Å²) < 4.78 is 11.6. The molecule has 3 nitrogen and oxygen atoms in total. The van der Waals surface area contributed by atoms with Crippen LogP contribution < -0.4 is 4.74 Å². The van der Waals surface area contributed by atoms with Crippen molar-refractivity contribution in [3.05, 3.63) is 29.8 Å². The van der Waals surface area contributed by atoms with Crippen molar-refractivity contribution < 1.29 is 14.6 Å². The van der Waals surface area contributed by atoms with Crippen molar-refractivity contribution >= 4 is 0 Å². The van der Waals surface area contributed by atoms with Crippen LogP contribution in [-0.2, 0) is 4.74 Å². The lowest BCUT2D eigenvalue weighted by Gasteiger charge is -2.42. The molecular formula is C15H22O3. The monoisotopic (exact) mass is 250 g/mol. The Hall–Kier alpha value is -1.06. The Morgan fingerprint density at radius 2 is 2.11 bits per heavy atom. The van der Waals surface area contributed by atoms with E-state index in [0.29, 0.717) is 6.42 Å². The Bertz CT molecular complexity index is 428. The van der Waals surface area contributed by atoms with Crippen LogP contribution in [0.25, 0.3) is 0 Å². The number of methoxy groups -OCH3 is 1. The third-order valence-corrected chi connectivity index (χ3v) is 3.61. The summed E-state index contributed by atoms with van der Waals surface area (Å²) in [5.41, 5.74) is 0.221. The molecule has 1 aliphatic heterocycles. The maximum absolute atomic E-state index is 10.2. The number of ether oxygens (including phenoxy) is 2. The summed E-state index contributed by atoms with van der Waals surface area (Å²) in [4.78, 5) is 0. The fourth-order valence-corrected chi connectivity index (χ4v) is 2.76. The van der Waals surface area contributed by atoms with E-state index in [1.54, 1.807) is 7.11 Å². The molecule has 0 fully saturated rings. The second kappa shape index (κ2) is 4.56. The number of aliphatic hydroxyl groups is 1. The number of fused-ring (bicyclic) bond motifs is 1. The van der Waals surface area contributed by atoms with Crippen LogP contribution in [-0.4, -0.2) is 23.4 Å². The Morgan fingerprint density at radius 3 is 2.78 bits per heavy atom. The third kappa shape index (κ3) is 2.68. The number of aliphatic hydroxyl groups excluding tert-OH is 1. The van der Waals surface area contributed by atoms with Crippen molar-refractivity contribution in [2.24, 2.45) is 0 Å². The van der Waals surface area contributed by atoms with E-state index < -0.39 is 11.7 Å². The molecule has 0 spiro atoms. The highest BCUT2D eigenvalue weighted by Crippen LogP contribution is 2.42. The number of benzene rings is 1. The summed E-state index contributed by atoms with van der Waals surface area (Å²) in [5.74, 6) is 0.783. The summed E-state index contributed by atoms with van der Waals surface area (Å²) in [7, 11) is 1.70. The van der Waals surface area contributed by atoms with Gasteiger partial charge >= 0.3 is 0 Å². The molecule has 1 aromatic carbocycles. The van der Waals surface area contributed by atoms with E-state index in [1.165, 1.54) is 0 Å². The number of rotatable bonds is 3. The smallest absolute Gasteiger partial charge is 0.125 e. The Labute approximate surface area is 109 Å². The fraction of sp³-hybridized carbons (Fsp3) is 0.600. The molecule has 100 valence electrons. The lowest BCUT2D eigenvalue weighted by atomic mass is 9.82. The first-order chi connectivity index (χ1) is 8.35. The summed E-state index contributed by atoms with van der Waals surface area (Å²) in [5, 5.41) is 10.2. The first-order valence-electron chi connectivity index (χ1n) is 6.36. The zero-order valence-corrected chi connectivity index (χ0v) is 11.6. The lowest BCUT2D eigenvalue weighted by molar-refractivity contribution is -0.0746. The van der Waals surface area contributed by atoms with Crippen molar-refractivity contribution in [2.75, 3.05) is 7.11 Å². The van der Waals surface area contributed by atoms with Gasteiger partial charge in [-0.3, -0.25) is 0 Å². The van der Waals surface area contributed by atoms with Gasteiger partial charge in [-0.05, 0) is 26.8 Å². The molecule has 18 heavy (non-hydrogen) atoms. The van der Waals surface area contributed by atoms with Crippen LogP contribution in [0.4, 0.5) is 0 Å². The summed E-state index contributed by atoms with van der Waals surface area (Å²) in [6, 6.07) is 7.68. The molecule has 1 aliphatic rings. The molecule has 0 aliphatic carbocycles. The molecule has 1 aromatic rings. The summed E-state index contributed by atoms with van der Waals surface area (Å²) >= 11 is 0. The van der Waals surface area contributed by atoms with Gasteiger partial charge in [-0.25, -0.2) is 0 Å². The second-order valence-electron chi connectivity index (χ2n) is 5.95. The van der Waals surface area contributed by atoms with Gasteiger partial charge in [0.2, 0.25) is 0 Å². The van der Waals surface area contributed by atoms with E-state index in [9.17, 15) is 5.11 Å².